The van der Waals surface area contributed by atoms with E-state index < -0.39 is 23.2 Å². The molecule has 0 radical (unpaired) electrons. The van der Waals surface area contributed by atoms with Crippen molar-refractivity contribution in [2.45, 2.75) is 6.92 Å². The molecule has 8 heteroatoms. The van der Waals surface area contributed by atoms with E-state index in [2.05, 4.69) is 26.5 Å². The number of aromatic hydroxyl groups is 4. The molecule has 2 aromatic rings. The van der Waals surface area contributed by atoms with Crippen molar-refractivity contribution in [3.8, 4) is 23.0 Å². The zero-order valence-electron chi connectivity index (χ0n) is 11.9. The quantitative estimate of drug-likeness (QED) is 0.318. The fraction of sp³-hybridized carbons (Fsp3) is 0.0667. The molecule has 7 nitrogen and oxygen atoms in total. The van der Waals surface area contributed by atoms with E-state index in [0.717, 1.165) is 16.6 Å². The van der Waals surface area contributed by atoms with E-state index in [9.17, 15) is 25.2 Å². The van der Waals surface area contributed by atoms with Crippen LogP contribution in [0.5, 0.6) is 23.0 Å². The van der Waals surface area contributed by atoms with Crippen molar-refractivity contribution in [2.75, 3.05) is 0 Å². The fourth-order valence-corrected chi connectivity index (χ4v) is 2.15. The molecule has 0 unspecified atom stereocenters. The number of halogens is 1. The van der Waals surface area contributed by atoms with Gasteiger partial charge < -0.3 is 20.4 Å². The Morgan fingerprint density at radius 2 is 1.65 bits per heavy atom. The summed E-state index contributed by atoms with van der Waals surface area (Å²) in [6.45, 7) is 1.59. The van der Waals surface area contributed by atoms with Crippen LogP contribution in [0, 0.1) is 0 Å². The van der Waals surface area contributed by atoms with Crippen LogP contribution in [0.25, 0.3) is 0 Å². The van der Waals surface area contributed by atoms with Crippen LogP contribution < -0.4 is 5.43 Å². The Labute approximate surface area is 139 Å². The minimum Gasteiger partial charge on any atom is -0.507 e. The summed E-state index contributed by atoms with van der Waals surface area (Å²) in [7, 11) is 0. The van der Waals surface area contributed by atoms with Crippen LogP contribution in [0.1, 0.15) is 22.8 Å². The predicted molar refractivity (Wildman–Crippen MR) is 86.9 cm³/mol. The molecule has 0 atom stereocenters. The van der Waals surface area contributed by atoms with Crippen LogP contribution in [-0.2, 0) is 0 Å². The van der Waals surface area contributed by atoms with Crippen LogP contribution in [0.4, 0.5) is 0 Å². The number of hydrogen-bond donors (Lipinski definition) is 5. The van der Waals surface area contributed by atoms with Gasteiger partial charge in [0.1, 0.15) is 5.75 Å². The molecule has 2 rings (SSSR count). The third-order valence-electron chi connectivity index (χ3n) is 3.01. The summed E-state index contributed by atoms with van der Waals surface area (Å²) in [4.78, 5) is 12.0. The molecule has 0 fully saturated rings. The van der Waals surface area contributed by atoms with Crippen LogP contribution in [0.15, 0.2) is 39.9 Å². The third kappa shape index (κ3) is 3.72. The van der Waals surface area contributed by atoms with E-state index >= 15 is 0 Å². The highest BCUT2D eigenvalue weighted by Gasteiger charge is 2.13. The van der Waals surface area contributed by atoms with Crippen LogP contribution >= 0.6 is 15.9 Å². The first-order chi connectivity index (χ1) is 10.8. The second-order valence-corrected chi connectivity index (χ2v) is 5.58. The SMILES string of the molecule is C/C(=N/NC(=O)c1cc(O)c(O)c(O)c1)c1cc(Br)ccc1O. The van der Waals surface area contributed by atoms with Gasteiger partial charge in [-0.3, -0.25) is 4.79 Å². The number of nitrogens with zero attached hydrogens (tertiary/aromatic N) is 1. The number of hydrazone groups is 1. The highest BCUT2D eigenvalue weighted by atomic mass is 79.9. The lowest BCUT2D eigenvalue weighted by Gasteiger charge is -2.07. The molecule has 2 aromatic carbocycles. The fourth-order valence-electron chi connectivity index (χ4n) is 1.79. The summed E-state index contributed by atoms with van der Waals surface area (Å²) < 4.78 is 0.736. The number of carbonyl (C=O) groups excluding carboxylic acids is 1. The van der Waals surface area contributed by atoms with Crippen molar-refractivity contribution < 1.29 is 25.2 Å². The maximum Gasteiger partial charge on any atom is 0.271 e. The van der Waals surface area contributed by atoms with E-state index in [0.29, 0.717) is 11.3 Å². The third-order valence-corrected chi connectivity index (χ3v) is 3.50. The molecule has 0 aromatic heterocycles. The smallest absolute Gasteiger partial charge is 0.271 e. The topological polar surface area (TPSA) is 122 Å². The van der Waals surface area contributed by atoms with Gasteiger partial charge in [-0.2, -0.15) is 5.10 Å². The molecule has 0 aliphatic heterocycles. The van der Waals surface area contributed by atoms with Gasteiger partial charge in [-0.05, 0) is 37.3 Å². The molecule has 1 amide bonds. The molecular weight excluding hydrogens is 368 g/mol. The van der Waals surface area contributed by atoms with Crippen molar-refractivity contribution >= 4 is 27.5 Å². The Bertz CT molecular complexity index is 781. The molecule has 120 valence electrons. The minimum absolute atomic E-state index is 0.00335. The number of nitrogens with one attached hydrogen (secondary N) is 1. The first-order valence-electron chi connectivity index (χ1n) is 6.38. The number of phenolic OH excluding ortho intramolecular Hbond substituents is 4. The maximum absolute atomic E-state index is 12.0. The number of hydrogen-bond acceptors (Lipinski definition) is 6. The molecule has 0 spiro atoms. The van der Waals surface area contributed by atoms with E-state index in [1.165, 1.54) is 6.07 Å². The molecule has 0 saturated carbocycles. The van der Waals surface area contributed by atoms with Crippen molar-refractivity contribution in [1.82, 2.24) is 5.43 Å². The van der Waals surface area contributed by atoms with E-state index in [4.69, 9.17) is 0 Å². The maximum atomic E-state index is 12.0. The highest BCUT2D eigenvalue weighted by Crippen LogP contribution is 2.35. The Kier molecular flexibility index (Phi) is 4.75. The molecule has 0 aliphatic carbocycles. The predicted octanol–water partition coefficient (Wildman–Crippen LogP) is 2.43. The number of benzene rings is 2. The largest absolute Gasteiger partial charge is 0.507 e. The minimum atomic E-state index is -0.708. The van der Waals surface area contributed by atoms with Gasteiger partial charge in [0.2, 0.25) is 0 Å². The Hall–Kier alpha value is -2.74. The van der Waals surface area contributed by atoms with Crippen LogP contribution in [0.2, 0.25) is 0 Å². The van der Waals surface area contributed by atoms with Gasteiger partial charge in [0.15, 0.2) is 17.2 Å². The van der Waals surface area contributed by atoms with Gasteiger partial charge in [0.25, 0.3) is 5.91 Å². The average molecular weight is 381 g/mol. The second-order valence-electron chi connectivity index (χ2n) is 4.66. The van der Waals surface area contributed by atoms with Gasteiger partial charge >= 0.3 is 0 Å². The molecule has 0 heterocycles. The van der Waals surface area contributed by atoms with Gasteiger partial charge in [0.05, 0.1) is 5.71 Å². The lowest BCUT2D eigenvalue weighted by molar-refractivity contribution is 0.0954. The number of rotatable bonds is 3. The first kappa shape index (κ1) is 16.6. The summed E-state index contributed by atoms with van der Waals surface area (Å²) >= 11 is 3.27. The lowest BCUT2D eigenvalue weighted by Crippen LogP contribution is -2.19. The summed E-state index contributed by atoms with van der Waals surface area (Å²) in [5, 5.41) is 41.7. The molecule has 0 saturated heterocycles. The molecular formula is C15H13BrN2O5. The summed E-state index contributed by atoms with van der Waals surface area (Å²) in [6, 6.07) is 6.76. The average Bonchev–Trinajstić information content (AvgIpc) is 2.51. The van der Waals surface area contributed by atoms with Gasteiger partial charge in [-0.15, -0.1) is 0 Å². The normalized spacial score (nSPS) is 11.3. The Balaban J connectivity index is 2.22. The van der Waals surface area contributed by atoms with Crippen molar-refractivity contribution in [1.29, 1.82) is 0 Å². The molecule has 0 aliphatic rings. The Morgan fingerprint density at radius 3 is 2.26 bits per heavy atom. The summed E-state index contributed by atoms with van der Waals surface area (Å²) in [6.07, 6.45) is 0. The monoisotopic (exact) mass is 380 g/mol. The number of amides is 1. The van der Waals surface area contributed by atoms with Gasteiger partial charge in [-0.25, -0.2) is 5.43 Å². The highest BCUT2D eigenvalue weighted by molar-refractivity contribution is 9.10. The van der Waals surface area contributed by atoms with Crippen LogP contribution in [0.3, 0.4) is 0 Å². The van der Waals surface area contributed by atoms with E-state index in [-0.39, 0.29) is 11.3 Å². The lowest BCUT2D eigenvalue weighted by atomic mass is 10.1. The standard InChI is InChI=1S/C15H13BrN2O5/c1-7(10-6-9(16)2-3-11(10)19)17-18-15(23)8-4-12(20)14(22)13(21)5-8/h2-6,19-22H,1H3,(H,18,23)/b17-7-. The van der Waals surface area contributed by atoms with Gasteiger partial charge in [0, 0.05) is 15.6 Å². The zero-order chi connectivity index (χ0) is 17.1. The summed E-state index contributed by atoms with van der Waals surface area (Å²) in [5.74, 6) is -2.66. The van der Waals surface area contributed by atoms with Gasteiger partial charge in [-0.1, -0.05) is 15.9 Å². The van der Waals surface area contributed by atoms with Crippen molar-refractivity contribution in [2.24, 2.45) is 5.10 Å². The number of phenols is 4. The number of carbonyl (C=O) groups is 1. The van der Waals surface area contributed by atoms with Crippen molar-refractivity contribution in [3.63, 3.8) is 0 Å². The molecule has 0 bridgehead atoms. The Morgan fingerprint density at radius 1 is 1.04 bits per heavy atom. The van der Waals surface area contributed by atoms with Crippen LogP contribution in [-0.4, -0.2) is 32.0 Å². The second kappa shape index (κ2) is 6.57. The molecule has 23 heavy (non-hydrogen) atoms. The van der Waals surface area contributed by atoms with E-state index in [1.54, 1.807) is 19.1 Å². The zero-order valence-corrected chi connectivity index (χ0v) is 13.5. The van der Waals surface area contributed by atoms with Crippen molar-refractivity contribution in [3.05, 3.63) is 45.9 Å². The first-order valence-corrected chi connectivity index (χ1v) is 7.17. The molecule has 5 N–H and O–H groups in total. The van der Waals surface area contributed by atoms with E-state index in [1.807, 2.05) is 0 Å². The summed E-state index contributed by atoms with van der Waals surface area (Å²) in [5.41, 5.74) is 2.92.